The number of hydrogen-bond donors (Lipinski definition) is 2. The van der Waals surface area contributed by atoms with Gasteiger partial charge in [0.25, 0.3) is 0 Å². The Labute approximate surface area is 82.6 Å². The van der Waals surface area contributed by atoms with Crippen molar-refractivity contribution in [2.24, 2.45) is 0 Å². The molecule has 0 rings (SSSR count). The number of carbonyl (C=O) groups is 2. The number of aliphatic carboxylic acids is 2. The van der Waals surface area contributed by atoms with Crippen LogP contribution in [0.4, 0.5) is 0 Å². The summed E-state index contributed by atoms with van der Waals surface area (Å²) in [5.41, 5.74) is 0.892. The highest BCUT2D eigenvalue weighted by atomic mass is 16.4. The molecule has 2 N–H and O–H groups in total. The lowest BCUT2D eigenvalue weighted by Crippen LogP contribution is -2.04. The minimum Gasteiger partial charge on any atom is -0.478 e. The summed E-state index contributed by atoms with van der Waals surface area (Å²) in [6.45, 7) is 5.52. The van der Waals surface area contributed by atoms with Crippen LogP contribution in [0.3, 0.4) is 0 Å². The first-order valence-electron chi connectivity index (χ1n) is 4.24. The molecule has 0 spiro atoms. The smallest absolute Gasteiger partial charge is 0.331 e. The van der Waals surface area contributed by atoms with Gasteiger partial charge in [-0.05, 0) is 26.2 Å². The van der Waals surface area contributed by atoms with Gasteiger partial charge in [-0.1, -0.05) is 5.57 Å². The van der Waals surface area contributed by atoms with Crippen molar-refractivity contribution in [1.82, 2.24) is 0 Å². The molecule has 0 saturated carbocycles. The van der Waals surface area contributed by atoms with Crippen molar-refractivity contribution in [3.63, 3.8) is 0 Å². The van der Waals surface area contributed by atoms with Gasteiger partial charge in [-0.25, -0.2) is 9.59 Å². The molecular weight excluding hydrogens is 184 g/mol. The molecule has 0 aromatic heterocycles. The van der Waals surface area contributed by atoms with E-state index in [0.717, 1.165) is 11.6 Å². The number of allylic oxidation sites excluding steroid dienone is 1. The summed E-state index contributed by atoms with van der Waals surface area (Å²) in [6, 6.07) is 0. The predicted molar refractivity (Wildman–Crippen MR) is 52.0 cm³/mol. The second kappa shape index (κ2) is 5.96. The Balaban J connectivity index is 4.19. The normalized spacial score (nSPS) is 11.1. The van der Waals surface area contributed by atoms with Crippen LogP contribution >= 0.6 is 0 Å². The Bertz CT molecular complexity index is 276. The first kappa shape index (κ1) is 12.4. The van der Waals surface area contributed by atoms with Crippen LogP contribution in [0, 0.1) is 0 Å². The summed E-state index contributed by atoms with van der Waals surface area (Å²) in [5, 5.41) is 17.0. The van der Waals surface area contributed by atoms with Gasteiger partial charge in [0.2, 0.25) is 0 Å². The molecule has 0 aliphatic heterocycles. The van der Waals surface area contributed by atoms with Crippen molar-refractivity contribution in [1.29, 1.82) is 0 Å². The molecule has 78 valence electrons. The number of carboxylic acids is 2. The van der Waals surface area contributed by atoms with Gasteiger partial charge in [0, 0.05) is 11.6 Å². The van der Waals surface area contributed by atoms with Crippen LogP contribution in [0.15, 0.2) is 23.8 Å². The zero-order chi connectivity index (χ0) is 11.1. The summed E-state index contributed by atoms with van der Waals surface area (Å²) in [5.74, 6) is -2.40. The zero-order valence-electron chi connectivity index (χ0n) is 8.12. The molecule has 0 aliphatic carbocycles. The quantitative estimate of drug-likeness (QED) is 0.504. The Kier molecular flexibility index (Phi) is 5.29. The maximum atomic E-state index is 10.6. The summed E-state index contributed by atoms with van der Waals surface area (Å²) in [4.78, 5) is 20.8. The van der Waals surface area contributed by atoms with E-state index < -0.39 is 11.9 Å². The van der Waals surface area contributed by atoms with E-state index in [4.69, 9.17) is 10.2 Å². The van der Waals surface area contributed by atoms with E-state index in [1.165, 1.54) is 0 Å². The van der Waals surface area contributed by atoms with Crippen molar-refractivity contribution in [3.8, 4) is 0 Å². The van der Waals surface area contributed by atoms with Gasteiger partial charge < -0.3 is 10.2 Å². The SMILES string of the molecule is C=C(C)CCC/C(=C\C(=O)O)C(=O)O. The van der Waals surface area contributed by atoms with Gasteiger partial charge >= 0.3 is 11.9 Å². The zero-order valence-corrected chi connectivity index (χ0v) is 8.12. The second-order valence-corrected chi connectivity index (χ2v) is 3.12. The van der Waals surface area contributed by atoms with E-state index >= 15 is 0 Å². The molecule has 4 nitrogen and oxygen atoms in total. The molecule has 0 amide bonds. The van der Waals surface area contributed by atoms with Crippen LogP contribution in [0.25, 0.3) is 0 Å². The van der Waals surface area contributed by atoms with Crippen LogP contribution in [0.1, 0.15) is 26.2 Å². The van der Waals surface area contributed by atoms with Crippen LogP contribution in [-0.2, 0) is 9.59 Å². The maximum Gasteiger partial charge on any atom is 0.331 e. The van der Waals surface area contributed by atoms with Crippen LogP contribution in [0.2, 0.25) is 0 Å². The van der Waals surface area contributed by atoms with Crippen molar-refractivity contribution in [3.05, 3.63) is 23.8 Å². The lowest BCUT2D eigenvalue weighted by Gasteiger charge is -2.01. The number of hydrogen-bond acceptors (Lipinski definition) is 2. The maximum absolute atomic E-state index is 10.6. The van der Waals surface area contributed by atoms with Crippen molar-refractivity contribution in [2.75, 3.05) is 0 Å². The summed E-state index contributed by atoms with van der Waals surface area (Å²) < 4.78 is 0. The summed E-state index contributed by atoms with van der Waals surface area (Å²) in [6.07, 6.45) is 2.32. The molecule has 0 radical (unpaired) electrons. The van der Waals surface area contributed by atoms with Gasteiger partial charge in [-0.3, -0.25) is 0 Å². The molecule has 0 aliphatic rings. The Morgan fingerprint density at radius 2 is 1.86 bits per heavy atom. The first-order chi connectivity index (χ1) is 6.43. The average Bonchev–Trinajstić information content (AvgIpc) is 2.00. The molecule has 0 saturated heterocycles. The topological polar surface area (TPSA) is 74.6 Å². The highest BCUT2D eigenvalue weighted by molar-refractivity contribution is 5.94. The highest BCUT2D eigenvalue weighted by Gasteiger charge is 2.08. The van der Waals surface area contributed by atoms with E-state index in [1.54, 1.807) is 0 Å². The number of rotatable bonds is 6. The molecule has 0 aromatic carbocycles. The Hall–Kier alpha value is -1.58. The largest absolute Gasteiger partial charge is 0.478 e. The fourth-order valence-electron chi connectivity index (χ4n) is 0.971. The summed E-state index contributed by atoms with van der Waals surface area (Å²) in [7, 11) is 0. The lowest BCUT2D eigenvalue weighted by atomic mass is 10.1. The van der Waals surface area contributed by atoms with Gasteiger partial charge in [0.1, 0.15) is 0 Å². The monoisotopic (exact) mass is 198 g/mol. The third-order valence-corrected chi connectivity index (χ3v) is 1.62. The van der Waals surface area contributed by atoms with E-state index in [0.29, 0.717) is 12.8 Å². The van der Waals surface area contributed by atoms with Gasteiger partial charge in [-0.2, -0.15) is 0 Å². The van der Waals surface area contributed by atoms with Crippen LogP contribution in [-0.4, -0.2) is 22.2 Å². The first-order valence-corrected chi connectivity index (χ1v) is 4.24. The highest BCUT2D eigenvalue weighted by Crippen LogP contribution is 2.11. The molecular formula is C10H14O4. The minimum absolute atomic E-state index is 0.0706. The lowest BCUT2D eigenvalue weighted by molar-refractivity contribution is -0.135. The standard InChI is InChI=1S/C10H14O4/c1-7(2)4-3-5-8(10(13)14)6-9(11)12/h6H,1,3-5H2,2H3,(H,11,12)(H,13,14)/b8-6+. The molecule has 0 heterocycles. The fraction of sp³-hybridized carbons (Fsp3) is 0.400. The molecule has 0 fully saturated rings. The third-order valence-electron chi connectivity index (χ3n) is 1.62. The molecule has 0 atom stereocenters. The molecule has 0 aromatic rings. The van der Waals surface area contributed by atoms with Crippen molar-refractivity contribution < 1.29 is 19.8 Å². The Morgan fingerprint density at radius 1 is 1.29 bits per heavy atom. The second-order valence-electron chi connectivity index (χ2n) is 3.12. The summed E-state index contributed by atoms with van der Waals surface area (Å²) >= 11 is 0. The molecule has 0 bridgehead atoms. The van der Waals surface area contributed by atoms with Crippen LogP contribution < -0.4 is 0 Å². The predicted octanol–water partition coefficient (Wildman–Crippen LogP) is 1.83. The van der Waals surface area contributed by atoms with Crippen molar-refractivity contribution in [2.45, 2.75) is 26.2 Å². The Morgan fingerprint density at radius 3 is 2.21 bits per heavy atom. The van der Waals surface area contributed by atoms with E-state index in [-0.39, 0.29) is 12.0 Å². The molecule has 0 unspecified atom stereocenters. The van der Waals surface area contributed by atoms with Gasteiger partial charge in [0.05, 0.1) is 0 Å². The number of carboxylic acid groups (broad SMARTS) is 2. The van der Waals surface area contributed by atoms with Crippen LogP contribution in [0.5, 0.6) is 0 Å². The third kappa shape index (κ3) is 5.99. The molecule has 4 heteroatoms. The van der Waals surface area contributed by atoms with E-state index in [9.17, 15) is 9.59 Å². The average molecular weight is 198 g/mol. The van der Waals surface area contributed by atoms with Gasteiger partial charge in [0.15, 0.2) is 0 Å². The van der Waals surface area contributed by atoms with E-state index in [1.807, 2.05) is 6.92 Å². The molecule has 14 heavy (non-hydrogen) atoms. The fourth-order valence-corrected chi connectivity index (χ4v) is 0.971. The van der Waals surface area contributed by atoms with E-state index in [2.05, 4.69) is 6.58 Å². The van der Waals surface area contributed by atoms with Crippen molar-refractivity contribution >= 4 is 11.9 Å². The minimum atomic E-state index is -1.22. The van der Waals surface area contributed by atoms with Gasteiger partial charge in [-0.15, -0.1) is 6.58 Å².